The van der Waals surface area contributed by atoms with Crippen LogP contribution in [0.2, 0.25) is 0 Å². The molecule has 3 aromatic rings. The molecule has 0 aliphatic carbocycles. The summed E-state index contributed by atoms with van der Waals surface area (Å²) in [5, 5.41) is 16.5. The Morgan fingerprint density at radius 3 is 2.00 bits per heavy atom. The number of unbranched alkanes of at least 4 members (excludes halogenated alkanes) is 1. The first kappa shape index (κ1) is 34.7. The summed E-state index contributed by atoms with van der Waals surface area (Å²) in [6.45, 7) is 13.1. The van der Waals surface area contributed by atoms with E-state index in [1.807, 2.05) is 64.1 Å². The number of halogens is 3. The minimum absolute atomic E-state index is 0.256. The van der Waals surface area contributed by atoms with Crippen LogP contribution in [0, 0.1) is 6.92 Å². The lowest BCUT2D eigenvalue weighted by molar-refractivity contribution is -0.138. The zero-order chi connectivity index (χ0) is 29.1. The molecule has 0 radical (unpaired) electrons. The quantitative estimate of drug-likeness (QED) is 0.175. The van der Waals surface area contributed by atoms with Crippen LogP contribution in [0.1, 0.15) is 63.8 Å². The molecule has 0 bridgehead atoms. The molecular weight excluding hydrogens is 509 g/mol. The maximum atomic E-state index is 12.6. The van der Waals surface area contributed by atoms with Crippen LogP contribution in [0.3, 0.4) is 0 Å². The average Bonchev–Trinajstić information content (AvgIpc) is 3.27. The van der Waals surface area contributed by atoms with Crippen molar-refractivity contribution in [3.8, 4) is 21.6 Å². The third-order valence-corrected chi connectivity index (χ3v) is 5.90. The van der Waals surface area contributed by atoms with Gasteiger partial charge < -0.3 is 10.2 Å². The summed E-state index contributed by atoms with van der Waals surface area (Å²) in [4.78, 5) is 12.0. The van der Waals surface area contributed by atoms with Crippen molar-refractivity contribution in [3.63, 3.8) is 0 Å². The van der Waals surface area contributed by atoms with Gasteiger partial charge in [0.1, 0.15) is 0 Å². The van der Waals surface area contributed by atoms with E-state index in [4.69, 9.17) is 10.2 Å². The monoisotopic (exact) mass is 548 g/mol. The van der Waals surface area contributed by atoms with E-state index in [-0.39, 0.29) is 6.42 Å². The molecule has 3 nitrogen and oxygen atoms in total. The molecule has 0 unspecified atom stereocenters. The average molecular weight is 549 g/mol. The van der Waals surface area contributed by atoms with Gasteiger partial charge in [0, 0.05) is 16.2 Å². The standard InChI is InChI=1S/C18H13F3S.C6H10O2.C5H10O.C2H6/c1-12-16(13-5-3-2-4-6-13)11-17(22-12)14-7-9-15(10-8-14)18(19,20)21;1-2-3-4-5-6(7)8;1-3-4-5(2)6;1-2/h2-11H,1H3;2H,1,3-5H2,(H,7,8);4,6H,3H2,1-2H3;1-2H3/b;;5-4+;. The zero-order valence-electron chi connectivity index (χ0n) is 22.8. The van der Waals surface area contributed by atoms with E-state index in [1.165, 1.54) is 12.1 Å². The maximum Gasteiger partial charge on any atom is 0.416 e. The Morgan fingerprint density at radius 2 is 1.58 bits per heavy atom. The Balaban J connectivity index is 0.000000709. The predicted molar refractivity (Wildman–Crippen MR) is 155 cm³/mol. The van der Waals surface area contributed by atoms with Gasteiger partial charge in [-0.3, -0.25) is 4.79 Å². The molecule has 1 aromatic heterocycles. The number of hydrogen-bond acceptors (Lipinski definition) is 3. The third kappa shape index (κ3) is 13.8. The van der Waals surface area contributed by atoms with Gasteiger partial charge in [-0.1, -0.05) is 69.3 Å². The molecule has 2 N–H and O–H groups in total. The smallest absolute Gasteiger partial charge is 0.416 e. The second-order valence-electron chi connectivity index (χ2n) is 7.85. The first-order valence-electron chi connectivity index (χ1n) is 12.5. The first-order chi connectivity index (χ1) is 18.0. The van der Waals surface area contributed by atoms with Crippen molar-refractivity contribution >= 4 is 17.3 Å². The van der Waals surface area contributed by atoms with Gasteiger partial charge >= 0.3 is 12.1 Å². The second-order valence-corrected chi connectivity index (χ2v) is 9.11. The number of hydrogen-bond donors (Lipinski definition) is 2. The fourth-order valence-electron chi connectivity index (χ4n) is 3.05. The van der Waals surface area contributed by atoms with Crippen LogP contribution >= 0.6 is 11.3 Å². The number of aliphatic hydroxyl groups excluding tert-OH is 1. The molecule has 0 saturated heterocycles. The Morgan fingerprint density at radius 1 is 1.00 bits per heavy atom. The Bertz CT molecular complexity index is 1100. The number of allylic oxidation sites excluding steroid dienone is 3. The lowest BCUT2D eigenvalue weighted by Crippen LogP contribution is -2.03. The van der Waals surface area contributed by atoms with Crippen LogP contribution in [0.15, 0.2) is 85.2 Å². The van der Waals surface area contributed by atoms with Gasteiger partial charge in [0.25, 0.3) is 0 Å². The largest absolute Gasteiger partial charge is 0.513 e. The number of aliphatic carboxylic acids is 1. The second kappa shape index (κ2) is 18.9. The molecule has 0 fully saturated rings. The van der Waals surface area contributed by atoms with Gasteiger partial charge in [-0.05, 0) is 74.1 Å². The van der Waals surface area contributed by atoms with Crippen LogP contribution < -0.4 is 0 Å². The van der Waals surface area contributed by atoms with E-state index in [0.717, 1.165) is 51.4 Å². The number of aliphatic hydroxyl groups is 1. The highest BCUT2D eigenvalue weighted by molar-refractivity contribution is 7.16. The Labute approximate surface area is 229 Å². The molecule has 2 aromatic carbocycles. The fourth-order valence-corrected chi connectivity index (χ4v) is 4.09. The van der Waals surface area contributed by atoms with Crippen molar-refractivity contribution in [1.29, 1.82) is 0 Å². The summed E-state index contributed by atoms with van der Waals surface area (Å²) < 4.78 is 37.8. The lowest BCUT2D eigenvalue weighted by Gasteiger charge is -2.06. The molecule has 38 heavy (non-hydrogen) atoms. The molecule has 0 amide bonds. The number of rotatable bonds is 7. The molecule has 7 heteroatoms. The van der Waals surface area contributed by atoms with Crippen molar-refractivity contribution in [2.24, 2.45) is 0 Å². The summed E-state index contributed by atoms with van der Waals surface area (Å²) in [7, 11) is 0. The van der Waals surface area contributed by atoms with Crippen LogP contribution in [0.4, 0.5) is 13.2 Å². The molecule has 208 valence electrons. The van der Waals surface area contributed by atoms with E-state index in [2.05, 4.69) is 6.58 Å². The topological polar surface area (TPSA) is 57.5 Å². The van der Waals surface area contributed by atoms with Gasteiger partial charge in [-0.2, -0.15) is 13.2 Å². The molecule has 0 atom stereocenters. The predicted octanol–water partition coefficient (Wildman–Crippen LogP) is 10.7. The van der Waals surface area contributed by atoms with Crippen molar-refractivity contribution in [2.45, 2.75) is 66.5 Å². The van der Waals surface area contributed by atoms with Gasteiger partial charge in [-0.15, -0.1) is 17.9 Å². The Kier molecular flexibility index (Phi) is 17.2. The Hall–Kier alpha value is -3.32. The maximum absolute atomic E-state index is 12.6. The molecule has 3 rings (SSSR count). The first-order valence-corrected chi connectivity index (χ1v) is 13.3. The number of carbonyl (C=O) groups is 1. The number of carboxylic acids is 1. The molecule has 0 aliphatic heterocycles. The van der Waals surface area contributed by atoms with E-state index in [1.54, 1.807) is 30.4 Å². The van der Waals surface area contributed by atoms with Crippen LogP contribution in [0.5, 0.6) is 0 Å². The van der Waals surface area contributed by atoms with Crippen molar-refractivity contribution in [2.75, 3.05) is 0 Å². The van der Waals surface area contributed by atoms with Gasteiger partial charge in [0.05, 0.1) is 11.3 Å². The summed E-state index contributed by atoms with van der Waals surface area (Å²) in [6, 6.07) is 17.3. The summed E-state index contributed by atoms with van der Waals surface area (Å²) in [5.41, 5.74) is 2.44. The molecule has 0 aliphatic rings. The lowest BCUT2D eigenvalue weighted by atomic mass is 10.0. The van der Waals surface area contributed by atoms with Crippen LogP contribution in [0.25, 0.3) is 21.6 Å². The number of thiophene rings is 1. The van der Waals surface area contributed by atoms with E-state index >= 15 is 0 Å². The normalized spacial score (nSPS) is 10.6. The van der Waals surface area contributed by atoms with Gasteiger partial charge in [0.15, 0.2) is 0 Å². The molecule has 0 saturated carbocycles. The fraction of sp³-hybridized carbons (Fsp3) is 0.323. The highest BCUT2D eigenvalue weighted by Gasteiger charge is 2.30. The number of carboxylic acid groups (broad SMARTS) is 1. The number of aryl methyl sites for hydroxylation is 1. The van der Waals surface area contributed by atoms with E-state index < -0.39 is 17.7 Å². The zero-order valence-corrected chi connectivity index (χ0v) is 23.6. The van der Waals surface area contributed by atoms with Crippen molar-refractivity contribution in [3.05, 3.63) is 95.6 Å². The van der Waals surface area contributed by atoms with E-state index in [0.29, 0.717) is 12.2 Å². The highest BCUT2D eigenvalue weighted by Crippen LogP contribution is 2.38. The minimum atomic E-state index is -4.29. The highest BCUT2D eigenvalue weighted by atomic mass is 32.1. The van der Waals surface area contributed by atoms with Gasteiger partial charge in [-0.25, -0.2) is 0 Å². The van der Waals surface area contributed by atoms with E-state index in [9.17, 15) is 18.0 Å². The summed E-state index contributed by atoms with van der Waals surface area (Å²) in [5.74, 6) is -0.315. The minimum Gasteiger partial charge on any atom is -0.513 e. The van der Waals surface area contributed by atoms with Crippen LogP contribution in [-0.2, 0) is 11.0 Å². The van der Waals surface area contributed by atoms with Crippen molar-refractivity contribution < 1.29 is 28.2 Å². The molecule has 1 heterocycles. The molecular formula is C31H39F3O3S. The number of benzene rings is 2. The third-order valence-electron chi connectivity index (χ3n) is 4.80. The van der Waals surface area contributed by atoms with Crippen LogP contribution in [-0.4, -0.2) is 16.2 Å². The van der Waals surface area contributed by atoms with Gasteiger partial charge in [0.2, 0.25) is 0 Å². The summed E-state index contributed by atoms with van der Waals surface area (Å²) in [6.07, 6.45) is 1.88. The van der Waals surface area contributed by atoms with Crippen molar-refractivity contribution in [1.82, 2.24) is 0 Å². The SMILES string of the molecule is C=CCCCC(=O)O.CC.CC/C=C(\C)O.Cc1sc(-c2ccc(C(F)(F)F)cc2)cc1-c1ccccc1. The summed E-state index contributed by atoms with van der Waals surface area (Å²) >= 11 is 1.59. The molecule has 0 spiro atoms. The number of alkyl halides is 3.